The SMILES string of the molecule is N#CCC[C@@H](C#N)CSc1nc(C2CCCCC2)n(-c2ccccc2)n1. The first kappa shape index (κ1) is 18.5. The first-order valence-corrected chi connectivity index (χ1v) is 10.2. The molecule has 26 heavy (non-hydrogen) atoms. The molecule has 6 heteroatoms. The maximum atomic E-state index is 9.25. The topological polar surface area (TPSA) is 78.3 Å². The van der Waals surface area contributed by atoms with Gasteiger partial charge in [-0.15, -0.1) is 5.10 Å². The molecule has 0 unspecified atom stereocenters. The van der Waals surface area contributed by atoms with E-state index in [9.17, 15) is 5.26 Å². The largest absolute Gasteiger partial charge is 0.216 e. The summed E-state index contributed by atoms with van der Waals surface area (Å²) in [5.74, 6) is 1.99. The number of hydrogen-bond acceptors (Lipinski definition) is 5. The van der Waals surface area contributed by atoms with Crippen molar-refractivity contribution in [3.63, 3.8) is 0 Å². The summed E-state index contributed by atoms with van der Waals surface area (Å²) in [6.07, 6.45) is 7.16. The Morgan fingerprint density at radius 2 is 1.92 bits per heavy atom. The van der Waals surface area contributed by atoms with Crippen molar-refractivity contribution in [1.29, 1.82) is 10.5 Å². The molecule has 0 aliphatic heterocycles. The number of hydrogen-bond donors (Lipinski definition) is 0. The molecule has 1 fully saturated rings. The number of para-hydroxylation sites is 1. The number of nitriles is 2. The Morgan fingerprint density at radius 1 is 1.15 bits per heavy atom. The highest BCUT2D eigenvalue weighted by Gasteiger charge is 2.23. The van der Waals surface area contributed by atoms with Crippen LogP contribution in [0.5, 0.6) is 0 Å². The van der Waals surface area contributed by atoms with E-state index in [4.69, 9.17) is 15.3 Å². The van der Waals surface area contributed by atoms with Crippen molar-refractivity contribution in [2.45, 2.75) is 56.0 Å². The second-order valence-corrected chi connectivity index (χ2v) is 7.66. The van der Waals surface area contributed by atoms with Gasteiger partial charge in [-0.25, -0.2) is 9.67 Å². The van der Waals surface area contributed by atoms with Crippen molar-refractivity contribution in [1.82, 2.24) is 14.8 Å². The molecule has 1 atom stereocenters. The summed E-state index contributed by atoms with van der Waals surface area (Å²) in [7, 11) is 0. The van der Waals surface area contributed by atoms with Crippen LogP contribution in [0.4, 0.5) is 0 Å². The van der Waals surface area contributed by atoms with Crippen molar-refractivity contribution in [3.05, 3.63) is 36.2 Å². The lowest BCUT2D eigenvalue weighted by atomic mass is 9.88. The van der Waals surface area contributed by atoms with Crippen molar-refractivity contribution in [2.75, 3.05) is 5.75 Å². The quantitative estimate of drug-likeness (QED) is 0.655. The molecule has 1 aliphatic carbocycles. The number of nitrogens with zero attached hydrogens (tertiary/aromatic N) is 5. The van der Waals surface area contributed by atoms with E-state index < -0.39 is 0 Å². The highest BCUT2D eigenvalue weighted by molar-refractivity contribution is 7.99. The van der Waals surface area contributed by atoms with Crippen LogP contribution in [0.2, 0.25) is 0 Å². The fourth-order valence-corrected chi connectivity index (χ4v) is 4.24. The lowest BCUT2D eigenvalue weighted by Crippen LogP contribution is -2.12. The van der Waals surface area contributed by atoms with Gasteiger partial charge in [0.05, 0.1) is 23.7 Å². The third-order valence-corrected chi connectivity index (χ3v) is 5.78. The second kappa shape index (κ2) is 9.40. The normalized spacial score (nSPS) is 15.9. The summed E-state index contributed by atoms with van der Waals surface area (Å²) in [5.41, 5.74) is 1.04. The molecule has 1 aliphatic rings. The number of benzene rings is 1. The van der Waals surface area contributed by atoms with Crippen molar-refractivity contribution < 1.29 is 0 Å². The van der Waals surface area contributed by atoms with E-state index in [2.05, 4.69) is 24.3 Å². The Kier molecular flexibility index (Phi) is 6.68. The average molecular weight is 366 g/mol. The molecule has 5 nitrogen and oxygen atoms in total. The van der Waals surface area contributed by atoms with E-state index in [0.29, 0.717) is 24.5 Å². The molecular weight excluding hydrogens is 342 g/mol. The Balaban J connectivity index is 1.80. The van der Waals surface area contributed by atoms with Crippen molar-refractivity contribution in [2.24, 2.45) is 5.92 Å². The van der Waals surface area contributed by atoms with Gasteiger partial charge in [0.25, 0.3) is 0 Å². The molecule has 1 aromatic heterocycles. The van der Waals surface area contributed by atoms with E-state index in [0.717, 1.165) is 16.7 Å². The van der Waals surface area contributed by atoms with Gasteiger partial charge >= 0.3 is 0 Å². The molecule has 3 rings (SSSR count). The zero-order valence-corrected chi connectivity index (χ0v) is 15.7. The number of rotatable bonds is 7. The maximum Gasteiger partial charge on any atom is 0.209 e. The third-order valence-electron chi connectivity index (χ3n) is 4.78. The van der Waals surface area contributed by atoms with E-state index in [1.165, 1.54) is 43.9 Å². The van der Waals surface area contributed by atoms with Crippen LogP contribution < -0.4 is 0 Å². The minimum Gasteiger partial charge on any atom is -0.216 e. The summed E-state index contributed by atoms with van der Waals surface area (Å²) in [4.78, 5) is 4.84. The van der Waals surface area contributed by atoms with Crippen LogP contribution in [0.25, 0.3) is 5.69 Å². The van der Waals surface area contributed by atoms with Crippen LogP contribution in [-0.4, -0.2) is 20.5 Å². The van der Waals surface area contributed by atoms with Gasteiger partial charge in [-0.1, -0.05) is 49.2 Å². The van der Waals surface area contributed by atoms with Gasteiger partial charge in [0.2, 0.25) is 5.16 Å². The lowest BCUT2D eigenvalue weighted by molar-refractivity contribution is 0.422. The van der Waals surface area contributed by atoms with Crippen LogP contribution in [0.15, 0.2) is 35.5 Å². The van der Waals surface area contributed by atoms with E-state index in [-0.39, 0.29) is 5.92 Å². The Labute approximate surface area is 159 Å². The monoisotopic (exact) mass is 365 g/mol. The minimum atomic E-state index is -0.138. The van der Waals surface area contributed by atoms with E-state index in [1.807, 2.05) is 22.9 Å². The minimum absolute atomic E-state index is 0.138. The summed E-state index contributed by atoms with van der Waals surface area (Å²) in [6, 6.07) is 14.5. The van der Waals surface area contributed by atoms with Crippen LogP contribution >= 0.6 is 11.8 Å². The Hall–Kier alpha value is -2.31. The van der Waals surface area contributed by atoms with Gasteiger partial charge in [-0.3, -0.25) is 0 Å². The summed E-state index contributed by atoms with van der Waals surface area (Å²) in [6.45, 7) is 0. The smallest absolute Gasteiger partial charge is 0.209 e. The zero-order valence-electron chi connectivity index (χ0n) is 14.8. The van der Waals surface area contributed by atoms with E-state index in [1.54, 1.807) is 0 Å². The van der Waals surface area contributed by atoms with Gasteiger partial charge < -0.3 is 0 Å². The van der Waals surface area contributed by atoms with Crippen molar-refractivity contribution in [3.8, 4) is 17.8 Å². The van der Waals surface area contributed by atoms with Gasteiger partial charge in [-0.2, -0.15) is 10.5 Å². The number of aromatic nitrogens is 3. The molecule has 1 aromatic carbocycles. The molecule has 0 spiro atoms. The van der Waals surface area contributed by atoms with Crippen LogP contribution in [0.1, 0.15) is 56.7 Å². The average Bonchev–Trinajstić information content (AvgIpc) is 3.14. The van der Waals surface area contributed by atoms with Crippen LogP contribution in [-0.2, 0) is 0 Å². The van der Waals surface area contributed by atoms with E-state index >= 15 is 0 Å². The molecule has 0 amide bonds. The van der Waals surface area contributed by atoms with Gasteiger partial charge in [0, 0.05) is 18.1 Å². The zero-order chi connectivity index (χ0) is 18.2. The lowest BCUT2D eigenvalue weighted by Gasteiger charge is -2.21. The molecule has 0 N–H and O–H groups in total. The standard InChI is InChI=1S/C20H23N5S/c21-13-7-8-16(14-22)15-26-20-23-19(17-9-3-1-4-10-17)25(24-20)18-11-5-2-6-12-18/h2,5-6,11-12,16-17H,1,3-4,7-10,15H2/t16-/m0/s1. The van der Waals surface area contributed by atoms with Crippen LogP contribution in [0.3, 0.4) is 0 Å². The highest BCUT2D eigenvalue weighted by Crippen LogP contribution is 2.34. The van der Waals surface area contributed by atoms with Gasteiger partial charge in [-0.05, 0) is 31.4 Å². The van der Waals surface area contributed by atoms with Crippen molar-refractivity contribution >= 4 is 11.8 Å². The summed E-state index contributed by atoms with van der Waals surface area (Å²) >= 11 is 1.52. The Bertz CT molecular complexity index is 781. The number of thioether (sulfide) groups is 1. The molecule has 0 saturated heterocycles. The fraction of sp³-hybridized carbons (Fsp3) is 0.500. The van der Waals surface area contributed by atoms with Gasteiger partial charge in [0.15, 0.2) is 0 Å². The Morgan fingerprint density at radius 3 is 2.62 bits per heavy atom. The fourth-order valence-electron chi connectivity index (χ4n) is 3.35. The summed E-state index contributed by atoms with van der Waals surface area (Å²) < 4.78 is 1.98. The third kappa shape index (κ3) is 4.65. The first-order valence-electron chi connectivity index (χ1n) is 9.23. The second-order valence-electron chi connectivity index (χ2n) is 6.67. The first-order chi connectivity index (χ1) is 12.8. The summed E-state index contributed by atoms with van der Waals surface area (Å²) in [5, 5.41) is 23.4. The predicted molar refractivity (Wildman–Crippen MR) is 102 cm³/mol. The van der Waals surface area contributed by atoms with Crippen LogP contribution in [0, 0.1) is 28.6 Å². The van der Waals surface area contributed by atoms with Gasteiger partial charge in [0.1, 0.15) is 5.82 Å². The molecule has 1 heterocycles. The molecule has 0 radical (unpaired) electrons. The maximum absolute atomic E-state index is 9.25. The molecule has 1 saturated carbocycles. The highest BCUT2D eigenvalue weighted by atomic mass is 32.2. The molecular formula is C20H23N5S. The predicted octanol–water partition coefficient (Wildman–Crippen LogP) is 4.85. The molecule has 0 bridgehead atoms. The molecule has 2 aromatic rings. The molecule has 134 valence electrons.